The van der Waals surface area contributed by atoms with Gasteiger partial charge in [0.15, 0.2) is 0 Å². The molecule has 20 heavy (non-hydrogen) atoms. The number of ether oxygens (including phenoxy) is 1. The van der Waals surface area contributed by atoms with E-state index in [1.807, 2.05) is 30.3 Å². The molecule has 1 heterocycles. The van der Waals surface area contributed by atoms with Crippen LogP contribution in [0.4, 0.5) is 5.82 Å². The highest BCUT2D eigenvalue weighted by molar-refractivity contribution is 6.33. The van der Waals surface area contributed by atoms with Gasteiger partial charge in [0.1, 0.15) is 17.6 Å². The number of hydrogen-bond donors (Lipinski definition) is 1. The van der Waals surface area contributed by atoms with E-state index < -0.39 is 0 Å². The number of methoxy groups -OCH3 is 1. The van der Waals surface area contributed by atoms with Crippen LogP contribution in [-0.4, -0.2) is 18.6 Å². The topological polar surface area (TPSA) is 57.9 Å². The van der Waals surface area contributed by atoms with Gasteiger partial charge in [0.25, 0.3) is 0 Å². The molecule has 0 unspecified atom stereocenters. The Hall–Kier alpha value is -2.25. The fourth-order valence-corrected chi connectivity index (χ4v) is 1.98. The van der Waals surface area contributed by atoms with Crippen LogP contribution in [0.3, 0.4) is 0 Å². The van der Waals surface area contributed by atoms with Crippen molar-refractivity contribution in [2.24, 2.45) is 0 Å². The van der Waals surface area contributed by atoms with Crippen molar-refractivity contribution in [3.63, 3.8) is 0 Å². The maximum atomic E-state index is 8.74. The number of nitriles is 1. The molecule has 1 N–H and O–H groups in total. The average molecular weight is 288 g/mol. The first kappa shape index (κ1) is 14.2. The van der Waals surface area contributed by atoms with E-state index in [0.29, 0.717) is 22.9 Å². The molecule has 4 nitrogen and oxygen atoms in total. The molecule has 0 aliphatic heterocycles. The summed E-state index contributed by atoms with van der Waals surface area (Å²) >= 11 is 6.04. The predicted octanol–water partition coefficient (Wildman–Crippen LogP) is 3.27. The fraction of sp³-hybridized carbons (Fsp3) is 0.200. The van der Waals surface area contributed by atoms with Crippen molar-refractivity contribution < 1.29 is 4.74 Å². The summed E-state index contributed by atoms with van der Waals surface area (Å²) in [4.78, 5) is 4.12. The molecule has 5 heteroatoms. The maximum absolute atomic E-state index is 8.74. The molecular weight excluding hydrogens is 274 g/mol. The number of aromatic nitrogens is 1. The van der Waals surface area contributed by atoms with E-state index in [4.69, 9.17) is 21.6 Å². The Morgan fingerprint density at radius 2 is 2.10 bits per heavy atom. The first-order valence-electron chi connectivity index (χ1n) is 6.15. The Kier molecular flexibility index (Phi) is 4.80. The van der Waals surface area contributed by atoms with Crippen molar-refractivity contribution in [1.29, 1.82) is 5.26 Å². The number of anilines is 1. The SMILES string of the molecule is COc1ccc(CCNc2ncc(C#N)cc2Cl)cc1. The van der Waals surface area contributed by atoms with Gasteiger partial charge in [0.2, 0.25) is 0 Å². The van der Waals surface area contributed by atoms with Crippen LogP contribution in [0, 0.1) is 11.3 Å². The van der Waals surface area contributed by atoms with Crippen molar-refractivity contribution in [2.75, 3.05) is 19.0 Å². The van der Waals surface area contributed by atoms with Gasteiger partial charge < -0.3 is 10.1 Å². The average Bonchev–Trinajstić information content (AvgIpc) is 2.49. The molecule has 2 aromatic rings. The molecule has 0 radical (unpaired) electrons. The second kappa shape index (κ2) is 6.78. The predicted molar refractivity (Wildman–Crippen MR) is 79.1 cm³/mol. The molecule has 0 saturated heterocycles. The minimum Gasteiger partial charge on any atom is -0.497 e. The monoisotopic (exact) mass is 287 g/mol. The molecule has 0 bridgehead atoms. The summed E-state index contributed by atoms with van der Waals surface area (Å²) in [5.41, 5.74) is 1.65. The van der Waals surface area contributed by atoms with Gasteiger partial charge in [0.05, 0.1) is 17.7 Å². The summed E-state index contributed by atoms with van der Waals surface area (Å²) in [5.74, 6) is 1.44. The molecule has 0 atom stereocenters. The number of pyridine rings is 1. The smallest absolute Gasteiger partial charge is 0.144 e. The van der Waals surface area contributed by atoms with E-state index in [1.54, 1.807) is 13.2 Å². The quantitative estimate of drug-likeness (QED) is 0.917. The van der Waals surface area contributed by atoms with Crippen molar-refractivity contribution >= 4 is 17.4 Å². The van der Waals surface area contributed by atoms with Crippen LogP contribution >= 0.6 is 11.6 Å². The number of rotatable bonds is 5. The summed E-state index contributed by atoms with van der Waals surface area (Å²) < 4.78 is 5.11. The lowest BCUT2D eigenvalue weighted by Crippen LogP contribution is -2.06. The maximum Gasteiger partial charge on any atom is 0.144 e. The number of nitrogens with one attached hydrogen (secondary N) is 1. The first-order chi connectivity index (χ1) is 9.72. The number of hydrogen-bond acceptors (Lipinski definition) is 4. The zero-order valence-corrected chi connectivity index (χ0v) is 11.8. The van der Waals surface area contributed by atoms with Gasteiger partial charge in [-0.15, -0.1) is 0 Å². The molecular formula is C15H14ClN3O. The van der Waals surface area contributed by atoms with E-state index >= 15 is 0 Å². The Bertz CT molecular complexity index is 620. The molecule has 2 rings (SSSR count). The van der Waals surface area contributed by atoms with Gasteiger partial charge in [-0.3, -0.25) is 0 Å². The van der Waals surface area contributed by atoms with Crippen LogP contribution in [0.5, 0.6) is 5.75 Å². The molecule has 0 amide bonds. The second-order valence-corrected chi connectivity index (χ2v) is 4.60. The summed E-state index contributed by atoms with van der Waals surface area (Å²) in [7, 11) is 1.65. The minimum atomic E-state index is 0.454. The lowest BCUT2D eigenvalue weighted by Gasteiger charge is -2.08. The van der Waals surface area contributed by atoms with Crippen molar-refractivity contribution in [3.05, 3.63) is 52.7 Å². The van der Waals surface area contributed by atoms with Gasteiger partial charge in [-0.05, 0) is 30.2 Å². The van der Waals surface area contributed by atoms with Crippen LogP contribution in [0.15, 0.2) is 36.5 Å². The Morgan fingerprint density at radius 1 is 1.35 bits per heavy atom. The highest BCUT2D eigenvalue weighted by Gasteiger charge is 2.03. The van der Waals surface area contributed by atoms with E-state index in [9.17, 15) is 0 Å². The van der Waals surface area contributed by atoms with E-state index in [1.165, 1.54) is 11.8 Å². The highest BCUT2D eigenvalue weighted by Crippen LogP contribution is 2.19. The molecule has 1 aromatic carbocycles. The second-order valence-electron chi connectivity index (χ2n) is 4.19. The van der Waals surface area contributed by atoms with Gasteiger partial charge >= 0.3 is 0 Å². The first-order valence-corrected chi connectivity index (χ1v) is 6.53. The molecule has 102 valence electrons. The molecule has 0 aliphatic carbocycles. The van der Waals surface area contributed by atoms with E-state index in [2.05, 4.69) is 10.3 Å². The fourth-order valence-electron chi connectivity index (χ4n) is 1.75. The summed E-state index contributed by atoms with van der Waals surface area (Å²) in [6, 6.07) is 11.5. The molecule has 0 spiro atoms. The van der Waals surface area contributed by atoms with Gasteiger partial charge in [-0.2, -0.15) is 5.26 Å². The largest absolute Gasteiger partial charge is 0.497 e. The lowest BCUT2D eigenvalue weighted by molar-refractivity contribution is 0.414. The molecule has 0 saturated carbocycles. The van der Waals surface area contributed by atoms with Crippen molar-refractivity contribution in [2.45, 2.75) is 6.42 Å². The normalized spacial score (nSPS) is 9.85. The Morgan fingerprint density at radius 3 is 2.70 bits per heavy atom. The minimum absolute atomic E-state index is 0.454. The van der Waals surface area contributed by atoms with Crippen molar-refractivity contribution in [1.82, 2.24) is 4.98 Å². The van der Waals surface area contributed by atoms with E-state index in [0.717, 1.165) is 12.2 Å². The standard InChI is InChI=1S/C15H14ClN3O/c1-20-13-4-2-11(3-5-13)6-7-18-15-14(16)8-12(9-17)10-19-15/h2-5,8,10H,6-7H2,1H3,(H,18,19). The van der Waals surface area contributed by atoms with Gasteiger partial charge in [-0.1, -0.05) is 23.7 Å². The third-order valence-corrected chi connectivity index (χ3v) is 3.12. The van der Waals surface area contributed by atoms with Crippen LogP contribution in [-0.2, 0) is 6.42 Å². The Balaban J connectivity index is 1.91. The van der Waals surface area contributed by atoms with Gasteiger partial charge in [0, 0.05) is 12.7 Å². The zero-order chi connectivity index (χ0) is 14.4. The van der Waals surface area contributed by atoms with Gasteiger partial charge in [-0.25, -0.2) is 4.98 Å². The third-order valence-electron chi connectivity index (χ3n) is 2.84. The van der Waals surface area contributed by atoms with E-state index in [-0.39, 0.29) is 0 Å². The third kappa shape index (κ3) is 3.62. The Labute approximate surface area is 123 Å². The number of halogens is 1. The summed E-state index contributed by atoms with van der Waals surface area (Å²) in [6.45, 7) is 0.713. The summed E-state index contributed by atoms with van der Waals surface area (Å²) in [5, 5.41) is 12.4. The molecule has 0 aliphatic rings. The number of benzene rings is 1. The molecule has 0 fully saturated rings. The van der Waals surface area contributed by atoms with Crippen LogP contribution < -0.4 is 10.1 Å². The van der Waals surface area contributed by atoms with Crippen LogP contribution in [0.1, 0.15) is 11.1 Å². The lowest BCUT2D eigenvalue weighted by atomic mass is 10.1. The zero-order valence-electron chi connectivity index (χ0n) is 11.1. The number of nitrogens with zero attached hydrogens (tertiary/aromatic N) is 2. The van der Waals surface area contributed by atoms with Crippen LogP contribution in [0.2, 0.25) is 5.02 Å². The highest BCUT2D eigenvalue weighted by atomic mass is 35.5. The molecule has 1 aromatic heterocycles. The summed E-state index contributed by atoms with van der Waals surface area (Å²) in [6.07, 6.45) is 2.35. The van der Waals surface area contributed by atoms with Crippen LogP contribution in [0.25, 0.3) is 0 Å². The van der Waals surface area contributed by atoms with Crippen molar-refractivity contribution in [3.8, 4) is 11.8 Å².